The molecule has 0 fully saturated rings. The van der Waals surface area contributed by atoms with Crippen molar-refractivity contribution in [3.05, 3.63) is 102 Å². The van der Waals surface area contributed by atoms with Crippen molar-refractivity contribution < 1.29 is 28.9 Å². The van der Waals surface area contributed by atoms with Crippen LogP contribution in [-0.4, -0.2) is 35.5 Å². The monoisotopic (exact) mass is 524 g/mol. The minimum Gasteiger partial charge on any atom is -0.466 e. The van der Waals surface area contributed by atoms with Crippen molar-refractivity contribution in [1.29, 1.82) is 0 Å². The molecule has 0 aromatic heterocycles. The van der Waals surface area contributed by atoms with Gasteiger partial charge in [0.15, 0.2) is 0 Å². The molecule has 0 saturated carbocycles. The second kappa shape index (κ2) is 12.1. The fourth-order valence-corrected chi connectivity index (χ4v) is 4.53. The number of nitro groups is 2. The van der Waals surface area contributed by atoms with Gasteiger partial charge in [-0.05, 0) is 38.0 Å². The van der Waals surface area contributed by atoms with Crippen LogP contribution in [0.2, 0.25) is 0 Å². The highest BCUT2D eigenvalue weighted by atomic mass is 16.6. The average molecular weight is 525 g/mol. The van der Waals surface area contributed by atoms with Gasteiger partial charge in [-0.1, -0.05) is 24.3 Å². The zero-order valence-electron chi connectivity index (χ0n) is 21.4. The van der Waals surface area contributed by atoms with E-state index >= 15 is 0 Å². The van der Waals surface area contributed by atoms with Gasteiger partial charge in [-0.25, -0.2) is 9.59 Å². The molecule has 38 heavy (non-hydrogen) atoms. The van der Waals surface area contributed by atoms with Crippen molar-refractivity contribution in [2.45, 2.75) is 39.8 Å². The lowest BCUT2D eigenvalue weighted by Gasteiger charge is -2.29. The molecule has 12 heteroatoms. The number of rotatable bonds is 6. The van der Waals surface area contributed by atoms with Gasteiger partial charge in [0.1, 0.15) is 5.56 Å². The quantitative estimate of drug-likeness (QED) is 0.323. The molecule has 0 saturated heterocycles. The van der Waals surface area contributed by atoms with E-state index in [9.17, 15) is 29.8 Å². The van der Waals surface area contributed by atoms with Crippen LogP contribution in [0.4, 0.5) is 11.4 Å². The Balaban J connectivity index is 0.000000368. The largest absolute Gasteiger partial charge is 0.466 e. The normalized spacial score (nSPS) is 16.1. The second-order valence-electron chi connectivity index (χ2n) is 8.44. The smallest absolute Gasteiger partial charge is 0.336 e. The number of benzene rings is 2. The number of nitro benzene ring substituents is 2. The number of dihydropyridines is 1. The molecule has 12 nitrogen and oxygen atoms in total. The number of esters is 2. The van der Waals surface area contributed by atoms with E-state index < -0.39 is 44.6 Å². The Kier molecular flexibility index (Phi) is 8.92. The summed E-state index contributed by atoms with van der Waals surface area (Å²) in [6, 6.07) is 11.8. The molecule has 2 aromatic rings. The Labute approximate surface area is 218 Å². The van der Waals surface area contributed by atoms with Crippen LogP contribution in [0.25, 0.3) is 0 Å². The summed E-state index contributed by atoms with van der Waals surface area (Å²) < 4.78 is 9.83. The molecular formula is C26H28N4O8. The molecule has 2 aliphatic heterocycles. The first-order chi connectivity index (χ1) is 18.1. The number of hydrogen-bond donors (Lipinski definition) is 2. The van der Waals surface area contributed by atoms with Gasteiger partial charge < -0.3 is 20.1 Å². The third-order valence-corrected chi connectivity index (χ3v) is 6.15. The zero-order chi connectivity index (χ0) is 28.0. The molecule has 2 heterocycles. The Morgan fingerprint density at radius 1 is 0.895 bits per heavy atom. The predicted octanol–water partition coefficient (Wildman–Crippen LogP) is 3.76. The SMILES string of the molecule is CCOC(=O)C1=C(C)NC(C)=C(C(=O)OC)C1c1c([N+](=O)[O-])cccc1[N+](=O)[O-].c1ccc2c(c1)CNC2. The number of carbonyl (C=O) groups is 2. The van der Waals surface area contributed by atoms with Gasteiger partial charge in [-0.2, -0.15) is 0 Å². The van der Waals surface area contributed by atoms with E-state index in [1.54, 1.807) is 6.92 Å². The fourth-order valence-electron chi connectivity index (χ4n) is 4.53. The van der Waals surface area contributed by atoms with Gasteiger partial charge >= 0.3 is 11.9 Å². The van der Waals surface area contributed by atoms with Crippen LogP contribution in [0, 0.1) is 20.2 Å². The zero-order valence-corrected chi connectivity index (χ0v) is 21.4. The summed E-state index contributed by atoms with van der Waals surface area (Å²) in [6.45, 7) is 6.68. The Morgan fingerprint density at radius 2 is 1.39 bits per heavy atom. The molecule has 0 spiro atoms. The molecule has 1 unspecified atom stereocenters. The Morgan fingerprint density at radius 3 is 1.84 bits per heavy atom. The summed E-state index contributed by atoms with van der Waals surface area (Å²) in [7, 11) is 1.10. The van der Waals surface area contributed by atoms with E-state index in [1.807, 2.05) is 0 Å². The minimum atomic E-state index is -1.43. The maximum atomic E-state index is 12.7. The average Bonchev–Trinajstić information content (AvgIpc) is 3.36. The van der Waals surface area contributed by atoms with Crippen LogP contribution < -0.4 is 10.6 Å². The molecule has 2 aliphatic rings. The number of allylic oxidation sites excluding steroid dienone is 2. The number of ether oxygens (including phenoxy) is 2. The highest BCUT2D eigenvalue weighted by Crippen LogP contribution is 2.46. The van der Waals surface area contributed by atoms with Crippen LogP contribution in [0.1, 0.15) is 43.4 Å². The molecule has 0 bridgehead atoms. The summed E-state index contributed by atoms with van der Waals surface area (Å²) >= 11 is 0. The lowest BCUT2D eigenvalue weighted by molar-refractivity contribution is -0.395. The molecule has 1 atom stereocenters. The third kappa shape index (κ3) is 5.70. The van der Waals surface area contributed by atoms with Gasteiger partial charge in [-0.15, -0.1) is 0 Å². The van der Waals surface area contributed by atoms with Gasteiger partial charge in [0.25, 0.3) is 11.4 Å². The summed E-state index contributed by atoms with van der Waals surface area (Å²) in [5, 5.41) is 29.4. The van der Waals surface area contributed by atoms with Crippen LogP contribution >= 0.6 is 0 Å². The van der Waals surface area contributed by atoms with E-state index in [2.05, 4.69) is 34.9 Å². The van der Waals surface area contributed by atoms with E-state index in [-0.39, 0.29) is 29.1 Å². The summed E-state index contributed by atoms with van der Waals surface area (Å²) in [6.07, 6.45) is 0. The third-order valence-electron chi connectivity index (χ3n) is 6.15. The molecular weight excluding hydrogens is 496 g/mol. The maximum Gasteiger partial charge on any atom is 0.336 e. The minimum absolute atomic E-state index is 0.00242. The molecule has 200 valence electrons. The summed E-state index contributed by atoms with van der Waals surface area (Å²) in [4.78, 5) is 46.9. The summed E-state index contributed by atoms with van der Waals surface area (Å²) in [5.41, 5.74) is 1.52. The van der Waals surface area contributed by atoms with Crippen LogP contribution in [0.15, 0.2) is 65.0 Å². The van der Waals surface area contributed by atoms with Gasteiger partial charge in [0.05, 0.1) is 40.6 Å². The topological polar surface area (TPSA) is 163 Å². The lowest BCUT2D eigenvalue weighted by Crippen LogP contribution is -2.33. The Bertz CT molecular complexity index is 1290. The molecule has 4 rings (SSSR count). The number of nitrogens with one attached hydrogen (secondary N) is 2. The van der Waals surface area contributed by atoms with Crippen LogP contribution in [0.3, 0.4) is 0 Å². The van der Waals surface area contributed by atoms with E-state index in [0.29, 0.717) is 0 Å². The molecule has 0 aliphatic carbocycles. The molecule has 2 N–H and O–H groups in total. The fraction of sp³-hybridized carbons (Fsp3) is 0.308. The second-order valence-corrected chi connectivity index (χ2v) is 8.44. The van der Waals surface area contributed by atoms with Crippen molar-refractivity contribution in [2.75, 3.05) is 13.7 Å². The standard InChI is InChI=1S/C18H19N3O8.C8H9N/c1-5-29-18(23)14-10(3)19-9(2)13(17(22)28-4)16(14)15-11(20(24)25)7-6-8-12(15)21(26)27;1-2-4-8-6-9-5-7(8)3-1/h6-8,16,19H,5H2,1-4H3;1-4,9H,5-6H2. The van der Waals surface area contributed by atoms with Crippen molar-refractivity contribution >= 4 is 23.3 Å². The molecule has 0 amide bonds. The highest BCUT2D eigenvalue weighted by molar-refractivity contribution is 6.00. The van der Waals surface area contributed by atoms with Crippen molar-refractivity contribution in [2.24, 2.45) is 0 Å². The first-order valence-electron chi connectivity index (χ1n) is 11.7. The predicted molar refractivity (Wildman–Crippen MR) is 137 cm³/mol. The molecule has 2 aromatic carbocycles. The molecule has 0 radical (unpaired) electrons. The Hall–Kier alpha value is -4.58. The number of hydrogen-bond acceptors (Lipinski definition) is 10. The van der Waals surface area contributed by atoms with Crippen molar-refractivity contribution in [3.63, 3.8) is 0 Å². The van der Waals surface area contributed by atoms with Crippen LogP contribution in [-0.2, 0) is 32.2 Å². The van der Waals surface area contributed by atoms with Gasteiger partial charge in [0, 0.05) is 36.6 Å². The maximum absolute atomic E-state index is 12.7. The number of methoxy groups -OCH3 is 1. The van der Waals surface area contributed by atoms with E-state index in [1.165, 1.54) is 25.0 Å². The number of nitrogens with zero attached hydrogens (tertiary/aromatic N) is 2. The van der Waals surface area contributed by atoms with Gasteiger partial charge in [-0.3, -0.25) is 20.2 Å². The van der Waals surface area contributed by atoms with Gasteiger partial charge in [0.2, 0.25) is 0 Å². The first kappa shape index (κ1) is 28.0. The lowest BCUT2D eigenvalue weighted by atomic mass is 9.79. The van der Waals surface area contributed by atoms with Crippen molar-refractivity contribution in [1.82, 2.24) is 10.6 Å². The van der Waals surface area contributed by atoms with E-state index in [0.717, 1.165) is 38.4 Å². The first-order valence-corrected chi connectivity index (χ1v) is 11.7. The number of fused-ring (bicyclic) bond motifs is 1. The van der Waals surface area contributed by atoms with E-state index in [4.69, 9.17) is 9.47 Å². The highest BCUT2D eigenvalue weighted by Gasteiger charge is 2.44. The summed E-state index contributed by atoms with van der Waals surface area (Å²) in [5.74, 6) is -3.17. The van der Waals surface area contributed by atoms with Crippen molar-refractivity contribution in [3.8, 4) is 0 Å². The van der Waals surface area contributed by atoms with Crippen LogP contribution in [0.5, 0.6) is 0 Å². The number of carbonyl (C=O) groups excluding carboxylic acids is 2.